The zero-order chi connectivity index (χ0) is 12.1. The van der Waals surface area contributed by atoms with E-state index in [2.05, 4.69) is 19.5 Å². The molecule has 2 rings (SSSR count). The van der Waals surface area contributed by atoms with Crippen LogP contribution in [0.3, 0.4) is 0 Å². The van der Waals surface area contributed by atoms with Crippen molar-refractivity contribution in [3.8, 4) is 0 Å². The van der Waals surface area contributed by atoms with Gasteiger partial charge in [-0.05, 0) is 31.3 Å². The quantitative estimate of drug-likeness (QED) is 0.484. The van der Waals surface area contributed by atoms with Gasteiger partial charge in [0, 0.05) is 13.1 Å². The molecule has 2 N–H and O–H groups in total. The third kappa shape index (κ3) is 4.34. The van der Waals surface area contributed by atoms with Crippen molar-refractivity contribution in [2.75, 3.05) is 13.1 Å². The first kappa shape index (κ1) is 15.6. The van der Waals surface area contributed by atoms with Crippen molar-refractivity contribution in [1.29, 1.82) is 0 Å². The number of rotatable bonds is 2. The van der Waals surface area contributed by atoms with Crippen LogP contribution in [0.1, 0.15) is 36.3 Å². The van der Waals surface area contributed by atoms with Crippen LogP contribution in [0.4, 0.5) is 0 Å². The third-order valence-electron chi connectivity index (χ3n) is 3.06. The molecule has 0 aliphatic carbocycles. The molecule has 102 valence electrons. The van der Waals surface area contributed by atoms with Crippen LogP contribution in [-0.4, -0.2) is 33.5 Å². The molecule has 5 nitrogen and oxygen atoms in total. The van der Waals surface area contributed by atoms with Gasteiger partial charge in [-0.25, -0.2) is 4.99 Å². The van der Waals surface area contributed by atoms with Gasteiger partial charge in [-0.15, -0.1) is 29.1 Å². The molecule has 0 amide bonds. The normalized spacial score (nSPS) is 17.2. The van der Waals surface area contributed by atoms with Crippen LogP contribution >= 0.6 is 35.5 Å². The van der Waals surface area contributed by atoms with Crippen LogP contribution in [0.5, 0.6) is 0 Å². The van der Waals surface area contributed by atoms with Crippen LogP contribution in [-0.2, 0) is 6.54 Å². The Morgan fingerprint density at radius 2 is 2.00 bits per heavy atom. The minimum atomic E-state index is 0. The maximum absolute atomic E-state index is 6.02. The van der Waals surface area contributed by atoms with E-state index >= 15 is 0 Å². The Morgan fingerprint density at radius 1 is 1.33 bits per heavy atom. The highest BCUT2D eigenvalue weighted by Crippen LogP contribution is 2.12. The number of aromatic nitrogens is 2. The molecular weight excluding hydrogens is 361 g/mol. The fraction of sp³-hybridized carbons (Fsp3) is 0.727. The van der Waals surface area contributed by atoms with Crippen LogP contribution in [0.2, 0.25) is 0 Å². The van der Waals surface area contributed by atoms with Gasteiger partial charge in [-0.2, -0.15) is 0 Å². The molecular formula is C11H20IN5S. The summed E-state index contributed by atoms with van der Waals surface area (Å²) in [5.74, 6) is 0.666. The molecule has 18 heavy (non-hydrogen) atoms. The van der Waals surface area contributed by atoms with Gasteiger partial charge in [0.2, 0.25) is 0 Å². The van der Waals surface area contributed by atoms with Gasteiger partial charge in [-0.1, -0.05) is 17.3 Å². The zero-order valence-corrected chi connectivity index (χ0v) is 13.8. The molecule has 1 aliphatic rings. The Labute approximate surface area is 129 Å². The number of hydrogen-bond acceptors (Lipinski definition) is 4. The first-order chi connectivity index (χ1) is 8.27. The first-order valence-corrected chi connectivity index (χ1v) is 6.87. The Hall–Kier alpha value is -0.440. The SMILES string of the molecule is Cc1nnsc1CN=C(N)N1CCCCCC1.I. The minimum absolute atomic E-state index is 0. The van der Waals surface area contributed by atoms with Crippen molar-refractivity contribution < 1.29 is 0 Å². The predicted octanol–water partition coefficient (Wildman–Crippen LogP) is 2.16. The van der Waals surface area contributed by atoms with Gasteiger partial charge in [0.1, 0.15) is 0 Å². The summed E-state index contributed by atoms with van der Waals surface area (Å²) in [6.07, 6.45) is 5.05. The monoisotopic (exact) mass is 381 g/mol. The minimum Gasteiger partial charge on any atom is -0.370 e. The fourth-order valence-electron chi connectivity index (χ4n) is 1.95. The number of hydrogen-bond donors (Lipinski definition) is 1. The molecule has 1 saturated heterocycles. The van der Waals surface area contributed by atoms with E-state index in [1.165, 1.54) is 37.2 Å². The first-order valence-electron chi connectivity index (χ1n) is 6.10. The molecule has 0 saturated carbocycles. The topological polar surface area (TPSA) is 67.4 Å². The lowest BCUT2D eigenvalue weighted by atomic mass is 10.2. The van der Waals surface area contributed by atoms with E-state index in [4.69, 9.17) is 5.73 Å². The number of aryl methyl sites for hydroxylation is 1. The lowest BCUT2D eigenvalue weighted by Crippen LogP contribution is -2.38. The van der Waals surface area contributed by atoms with Crippen molar-refractivity contribution >= 4 is 41.5 Å². The van der Waals surface area contributed by atoms with Gasteiger partial charge in [0.25, 0.3) is 0 Å². The van der Waals surface area contributed by atoms with Crippen molar-refractivity contribution in [3.05, 3.63) is 10.6 Å². The van der Waals surface area contributed by atoms with E-state index in [1.54, 1.807) is 0 Å². The highest BCUT2D eigenvalue weighted by Gasteiger charge is 2.11. The largest absolute Gasteiger partial charge is 0.370 e. The van der Waals surface area contributed by atoms with E-state index in [0.717, 1.165) is 23.7 Å². The summed E-state index contributed by atoms with van der Waals surface area (Å²) in [6.45, 7) is 4.63. The highest BCUT2D eigenvalue weighted by atomic mass is 127. The molecule has 0 aromatic carbocycles. The average Bonchev–Trinajstić information content (AvgIpc) is 2.58. The van der Waals surface area contributed by atoms with Crippen molar-refractivity contribution in [2.24, 2.45) is 10.7 Å². The van der Waals surface area contributed by atoms with Crippen LogP contribution in [0.15, 0.2) is 4.99 Å². The Kier molecular flexibility index (Phi) is 6.83. The lowest BCUT2D eigenvalue weighted by molar-refractivity contribution is 0.428. The lowest BCUT2D eigenvalue weighted by Gasteiger charge is -2.20. The van der Waals surface area contributed by atoms with Gasteiger partial charge >= 0.3 is 0 Å². The van der Waals surface area contributed by atoms with Crippen molar-refractivity contribution in [1.82, 2.24) is 14.5 Å². The summed E-state index contributed by atoms with van der Waals surface area (Å²) in [6, 6.07) is 0. The summed E-state index contributed by atoms with van der Waals surface area (Å²) in [5.41, 5.74) is 6.98. The second-order valence-electron chi connectivity index (χ2n) is 4.36. The van der Waals surface area contributed by atoms with E-state index in [1.807, 2.05) is 6.92 Å². The van der Waals surface area contributed by atoms with Gasteiger partial charge in [0.15, 0.2) is 5.96 Å². The second-order valence-corrected chi connectivity index (χ2v) is 5.20. The second kappa shape index (κ2) is 7.88. The summed E-state index contributed by atoms with van der Waals surface area (Å²) in [5, 5.41) is 3.97. The van der Waals surface area contributed by atoms with E-state index in [0.29, 0.717) is 12.5 Å². The molecule has 7 heteroatoms. The Morgan fingerprint density at radius 3 is 2.56 bits per heavy atom. The maximum atomic E-state index is 6.02. The predicted molar refractivity (Wildman–Crippen MR) is 85.4 cm³/mol. The molecule has 0 spiro atoms. The van der Waals surface area contributed by atoms with Crippen LogP contribution in [0, 0.1) is 6.92 Å². The molecule has 1 aromatic rings. The maximum Gasteiger partial charge on any atom is 0.191 e. The Balaban J connectivity index is 0.00000162. The number of nitrogens with zero attached hydrogens (tertiary/aromatic N) is 4. The molecule has 0 radical (unpaired) electrons. The number of guanidine groups is 1. The standard InChI is InChI=1S/C11H19N5S.HI/c1-9-10(17-15-14-9)8-13-11(12)16-6-4-2-3-5-7-16;/h2-8H2,1H3,(H2,12,13);1H. The van der Waals surface area contributed by atoms with Crippen LogP contribution < -0.4 is 5.73 Å². The summed E-state index contributed by atoms with van der Waals surface area (Å²) in [7, 11) is 0. The summed E-state index contributed by atoms with van der Waals surface area (Å²) < 4.78 is 3.90. The van der Waals surface area contributed by atoms with Crippen molar-refractivity contribution in [3.63, 3.8) is 0 Å². The van der Waals surface area contributed by atoms with E-state index < -0.39 is 0 Å². The van der Waals surface area contributed by atoms with Crippen LogP contribution in [0.25, 0.3) is 0 Å². The molecule has 1 fully saturated rings. The molecule has 1 aromatic heterocycles. The molecule has 0 unspecified atom stereocenters. The zero-order valence-electron chi connectivity index (χ0n) is 10.6. The van der Waals surface area contributed by atoms with Gasteiger partial charge in [-0.3, -0.25) is 0 Å². The summed E-state index contributed by atoms with van der Waals surface area (Å²) >= 11 is 1.40. The van der Waals surface area contributed by atoms with E-state index in [9.17, 15) is 0 Å². The number of halogens is 1. The Bertz CT molecular complexity index is 385. The third-order valence-corrected chi connectivity index (χ3v) is 3.87. The van der Waals surface area contributed by atoms with Gasteiger partial charge in [0.05, 0.1) is 17.1 Å². The smallest absolute Gasteiger partial charge is 0.191 e. The number of aliphatic imine (C=N–C) groups is 1. The van der Waals surface area contributed by atoms with Gasteiger partial charge < -0.3 is 10.6 Å². The number of likely N-dealkylation sites (tertiary alicyclic amines) is 1. The summed E-state index contributed by atoms with van der Waals surface area (Å²) in [4.78, 5) is 7.73. The molecule has 1 aliphatic heterocycles. The number of nitrogens with two attached hydrogens (primary N) is 1. The molecule has 0 atom stereocenters. The van der Waals surface area contributed by atoms with E-state index in [-0.39, 0.29) is 24.0 Å². The highest BCUT2D eigenvalue weighted by molar-refractivity contribution is 14.0. The molecule has 0 bridgehead atoms. The van der Waals surface area contributed by atoms with Crippen molar-refractivity contribution in [2.45, 2.75) is 39.2 Å². The molecule has 2 heterocycles. The average molecular weight is 381 g/mol. The fourth-order valence-corrected chi connectivity index (χ4v) is 2.51.